The summed E-state index contributed by atoms with van der Waals surface area (Å²) < 4.78 is 0. The molecule has 5 heteroatoms. The molecule has 0 rings (SSSR count). The fraction of sp³-hybridized carbons (Fsp3) is 0.833. The maximum Gasteiger partial charge on any atom is 0.239 e. The molecule has 5 nitrogen and oxygen atoms in total. The quantitative estimate of drug-likeness (QED) is 0.651. The van der Waals surface area contributed by atoms with Crippen molar-refractivity contribution in [3.05, 3.63) is 0 Å². The molecule has 0 saturated carbocycles. The number of rotatable bonds is 8. The van der Waals surface area contributed by atoms with Gasteiger partial charge < -0.3 is 16.0 Å². The Hall–Kier alpha value is -1.10. The third-order valence-corrected chi connectivity index (χ3v) is 2.52. The Bertz CT molecular complexity index is 244. The highest BCUT2D eigenvalue weighted by Crippen LogP contribution is 2.01. The summed E-state index contributed by atoms with van der Waals surface area (Å²) in [5, 5.41) is 2.73. The molecule has 1 atom stereocenters. The smallest absolute Gasteiger partial charge is 0.239 e. The summed E-state index contributed by atoms with van der Waals surface area (Å²) in [5.41, 5.74) is 5.76. The second kappa shape index (κ2) is 8.98. The van der Waals surface area contributed by atoms with Crippen molar-refractivity contribution >= 4 is 11.8 Å². The predicted molar refractivity (Wildman–Crippen MR) is 68.4 cm³/mol. The van der Waals surface area contributed by atoms with Crippen molar-refractivity contribution in [2.24, 2.45) is 5.73 Å². The fourth-order valence-corrected chi connectivity index (χ4v) is 1.44. The van der Waals surface area contributed by atoms with Crippen LogP contribution in [0.25, 0.3) is 0 Å². The summed E-state index contributed by atoms with van der Waals surface area (Å²) in [6.07, 6.45) is 3.51. The molecule has 0 aromatic rings. The molecule has 2 amide bonds. The first-order valence-corrected chi connectivity index (χ1v) is 6.30. The van der Waals surface area contributed by atoms with E-state index in [1.54, 1.807) is 7.05 Å². The highest BCUT2D eigenvalue weighted by Gasteiger charge is 2.19. The number of nitrogens with zero attached hydrogens (tertiary/aromatic N) is 1. The fourth-order valence-electron chi connectivity index (χ4n) is 1.44. The van der Waals surface area contributed by atoms with Gasteiger partial charge in [0.05, 0.1) is 12.6 Å². The minimum absolute atomic E-state index is 0.0820. The van der Waals surface area contributed by atoms with Crippen molar-refractivity contribution in [1.29, 1.82) is 0 Å². The number of likely N-dealkylation sites (N-methyl/N-ethyl adjacent to an activating group) is 1. The van der Waals surface area contributed by atoms with Crippen molar-refractivity contribution in [2.75, 3.05) is 20.1 Å². The van der Waals surface area contributed by atoms with Crippen LogP contribution in [0.3, 0.4) is 0 Å². The largest absolute Gasteiger partial charge is 0.355 e. The molecule has 0 aromatic heterocycles. The Morgan fingerprint density at radius 2 is 1.94 bits per heavy atom. The van der Waals surface area contributed by atoms with Gasteiger partial charge in [-0.2, -0.15) is 0 Å². The van der Waals surface area contributed by atoms with E-state index < -0.39 is 6.04 Å². The maximum atomic E-state index is 11.8. The Balaban J connectivity index is 3.99. The lowest BCUT2D eigenvalue weighted by molar-refractivity contribution is -0.135. The monoisotopic (exact) mass is 243 g/mol. The van der Waals surface area contributed by atoms with Gasteiger partial charge in [0.15, 0.2) is 0 Å². The number of nitrogens with two attached hydrogens (primary N) is 1. The Morgan fingerprint density at radius 3 is 2.47 bits per heavy atom. The third kappa shape index (κ3) is 6.94. The van der Waals surface area contributed by atoms with Gasteiger partial charge in [-0.1, -0.05) is 26.7 Å². The zero-order valence-electron chi connectivity index (χ0n) is 11.2. The van der Waals surface area contributed by atoms with E-state index >= 15 is 0 Å². The van der Waals surface area contributed by atoms with Crippen LogP contribution in [0.5, 0.6) is 0 Å². The first-order chi connectivity index (χ1) is 8.02. The molecule has 0 fully saturated rings. The van der Waals surface area contributed by atoms with Crippen LogP contribution in [0.1, 0.15) is 39.5 Å². The second-order valence-electron chi connectivity index (χ2n) is 4.29. The van der Waals surface area contributed by atoms with Crippen molar-refractivity contribution in [3.8, 4) is 0 Å². The Kier molecular flexibility index (Phi) is 8.40. The van der Waals surface area contributed by atoms with Crippen LogP contribution in [0.4, 0.5) is 0 Å². The van der Waals surface area contributed by atoms with Crippen molar-refractivity contribution in [3.63, 3.8) is 0 Å². The molecule has 0 aliphatic heterocycles. The summed E-state index contributed by atoms with van der Waals surface area (Å²) in [6, 6.07) is -0.487. The summed E-state index contributed by atoms with van der Waals surface area (Å²) in [4.78, 5) is 24.6. The van der Waals surface area contributed by atoms with Gasteiger partial charge in [-0.3, -0.25) is 9.59 Å². The third-order valence-electron chi connectivity index (χ3n) is 2.52. The van der Waals surface area contributed by atoms with Crippen LogP contribution in [0.15, 0.2) is 0 Å². The number of hydrogen-bond acceptors (Lipinski definition) is 3. The lowest BCUT2D eigenvalue weighted by Crippen LogP contribution is -2.46. The second-order valence-corrected chi connectivity index (χ2v) is 4.29. The number of carbonyl (C=O) groups excluding carboxylic acids is 2. The lowest BCUT2D eigenvalue weighted by Gasteiger charge is -2.20. The average molecular weight is 243 g/mol. The maximum absolute atomic E-state index is 11.8. The molecule has 17 heavy (non-hydrogen) atoms. The molecule has 1 unspecified atom stereocenters. The van der Waals surface area contributed by atoms with E-state index in [-0.39, 0.29) is 18.4 Å². The molecule has 0 bridgehead atoms. The van der Waals surface area contributed by atoms with Crippen LogP contribution >= 0.6 is 0 Å². The Morgan fingerprint density at radius 1 is 1.29 bits per heavy atom. The number of nitrogens with one attached hydrogen (secondary N) is 1. The van der Waals surface area contributed by atoms with Gasteiger partial charge in [0.1, 0.15) is 0 Å². The molecule has 100 valence electrons. The SMILES string of the molecule is CCCCC(N)C(=O)N(C)CC(=O)NCCC. The number of carbonyl (C=O) groups is 2. The number of hydrogen-bond donors (Lipinski definition) is 2. The molecule has 0 aliphatic carbocycles. The summed E-state index contributed by atoms with van der Waals surface area (Å²) in [5.74, 6) is -0.296. The molecule has 3 N–H and O–H groups in total. The predicted octanol–water partition coefficient (Wildman–Crippen LogP) is 0.489. The number of amides is 2. The average Bonchev–Trinajstić information content (AvgIpc) is 2.32. The van der Waals surface area contributed by atoms with Crippen molar-refractivity contribution in [1.82, 2.24) is 10.2 Å². The normalized spacial score (nSPS) is 12.0. The van der Waals surface area contributed by atoms with Gasteiger partial charge >= 0.3 is 0 Å². The first kappa shape index (κ1) is 15.9. The van der Waals surface area contributed by atoms with E-state index in [9.17, 15) is 9.59 Å². The standard InChI is InChI=1S/C12H25N3O2/c1-4-6-7-10(13)12(17)15(3)9-11(16)14-8-5-2/h10H,4-9,13H2,1-3H3,(H,14,16). The Labute approximate surface area is 104 Å². The van der Waals surface area contributed by atoms with Gasteiger partial charge in [-0.25, -0.2) is 0 Å². The zero-order chi connectivity index (χ0) is 13.3. The van der Waals surface area contributed by atoms with Gasteiger partial charge in [0.25, 0.3) is 0 Å². The van der Waals surface area contributed by atoms with Crippen molar-refractivity contribution in [2.45, 2.75) is 45.6 Å². The van der Waals surface area contributed by atoms with Gasteiger partial charge in [0.2, 0.25) is 11.8 Å². The lowest BCUT2D eigenvalue weighted by atomic mass is 10.1. The van der Waals surface area contributed by atoms with Crippen LogP contribution < -0.4 is 11.1 Å². The van der Waals surface area contributed by atoms with E-state index in [1.807, 2.05) is 6.92 Å². The zero-order valence-corrected chi connectivity index (χ0v) is 11.2. The van der Waals surface area contributed by atoms with E-state index in [0.29, 0.717) is 13.0 Å². The minimum atomic E-state index is -0.487. The molecular weight excluding hydrogens is 218 g/mol. The highest BCUT2D eigenvalue weighted by molar-refractivity contribution is 5.87. The van der Waals surface area contributed by atoms with E-state index in [0.717, 1.165) is 19.3 Å². The van der Waals surface area contributed by atoms with Crippen LogP contribution in [0, 0.1) is 0 Å². The molecule has 0 heterocycles. The van der Waals surface area contributed by atoms with E-state index in [4.69, 9.17) is 5.73 Å². The van der Waals surface area contributed by atoms with Crippen LogP contribution in [-0.2, 0) is 9.59 Å². The van der Waals surface area contributed by atoms with Crippen molar-refractivity contribution < 1.29 is 9.59 Å². The first-order valence-electron chi connectivity index (χ1n) is 6.30. The topological polar surface area (TPSA) is 75.4 Å². The summed E-state index contributed by atoms with van der Waals surface area (Å²) >= 11 is 0. The van der Waals surface area contributed by atoms with E-state index in [1.165, 1.54) is 4.90 Å². The highest BCUT2D eigenvalue weighted by atomic mass is 16.2. The molecular formula is C12H25N3O2. The van der Waals surface area contributed by atoms with Crippen LogP contribution in [-0.4, -0.2) is 42.9 Å². The molecule has 0 aliphatic rings. The van der Waals surface area contributed by atoms with Gasteiger partial charge in [-0.15, -0.1) is 0 Å². The van der Waals surface area contributed by atoms with Gasteiger partial charge in [-0.05, 0) is 12.8 Å². The minimum Gasteiger partial charge on any atom is -0.355 e. The number of unbranched alkanes of at least 4 members (excludes halogenated alkanes) is 1. The molecule has 0 saturated heterocycles. The molecule has 0 aromatic carbocycles. The molecule has 0 spiro atoms. The summed E-state index contributed by atoms with van der Waals surface area (Å²) in [6.45, 7) is 4.76. The molecule has 0 radical (unpaired) electrons. The van der Waals surface area contributed by atoms with E-state index in [2.05, 4.69) is 12.2 Å². The van der Waals surface area contributed by atoms with Gasteiger partial charge in [0, 0.05) is 13.6 Å². The van der Waals surface area contributed by atoms with Crippen LogP contribution in [0.2, 0.25) is 0 Å². The summed E-state index contributed by atoms with van der Waals surface area (Å²) in [7, 11) is 1.61.